The topological polar surface area (TPSA) is 23.8 Å². The lowest BCUT2D eigenvalue weighted by Gasteiger charge is -2.17. The van der Waals surface area contributed by atoms with Crippen LogP contribution in [0.25, 0.3) is 0 Å². The van der Waals surface area contributed by atoms with Gasteiger partial charge in [0.2, 0.25) is 0 Å². The Hall–Kier alpha value is -2.14. The van der Waals surface area contributed by atoms with E-state index in [9.17, 15) is 9.65 Å². The Morgan fingerprint density at radius 1 is 0.950 bits per heavy atom. The maximum Gasteiger partial charge on any atom is 0.126 e. The molecule has 0 bridgehead atoms. The number of nitrogens with zero attached hydrogens (tertiary/aromatic N) is 1. The zero-order chi connectivity index (χ0) is 14.9. The molecule has 2 rings (SSSR count). The number of halogens is 1. The van der Waals surface area contributed by atoms with Crippen molar-refractivity contribution in [2.45, 2.75) is 34.1 Å². The van der Waals surface area contributed by atoms with Crippen LogP contribution in [0, 0.1) is 44.8 Å². The van der Waals surface area contributed by atoms with Gasteiger partial charge in [0.25, 0.3) is 0 Å². The minimum Gasteiger partial charge on any atom is -0.207 e. The van der Waals surface area contributed by atoms with Crippen LogP contribution >= 0.6 is 0 Å². The molecule has 0 aliphatic carbocycles. The molecule has 0 aliphatic rings. The highest BCUT2D eigenvalue weighted by molar-refractivity contribution is 5.56. The summed E-state index contributed by atoms with van der Waals surface area (Å²) in [7, 11) is 0. The molecule has 0 fully saturated rings. The fourth-order valence-electron chi connectivity index (χ4n) is 2.59. The van der Waals surface area contributed by atoms with Gasteiger partial charge < -0.3 is 0 Å². The molecule has 0 aliphatic heterocycles. The molecule has 1 nitrogen and oxygen atoms in total. The van der Waals surface area contributed by atoms with Gasteiger partial charge in [0, 0.05) is 6.42 Å². The van der Waals surface area contributed by atoms with Gasteiger partial charge >= 0.3 is 0 Å². The van der Waals surface area contributed by atoms with Crippen LogP contribution in [0.1, 0.15) is 38.9 Å². The molecule has 102 valence electrons. The standard InChI is InChI=1S/C18H18FN/c1-11-12(2)14(4)17(10-20)16(13(11)3)9-15-7-5-6-8-18(15)19/h5-8H,9H2,1-4H3. The highest BCUT2D eigenvalue weighted by Crippen LogP contribution is 2.28. The number of rotatable bonds is 2. The first kappa shape index (κ1) is 14.3. The molecule has 0 atom stereocenters. The molecule has 0 saturated carbocycles. The van der Waals surface area contributed by atoms with Crippen molar-refractivity contribution in [3.63, 3.8) is 0 Å². The van der Waals surface area contributed by atoms with Crippen molar-refractivity contribution >= 4 is 0 Å². The lowest BCUT2D eigenvalue weighted by molar-refractivity contribution is 0.613. The van der Waals surface area contributed by atoms with Gasteiger partial charge in [-0.3, -0.25) is 0 Å². The Labute approximate surface area is 119 Å². The highest BCUT2D eigenvalue weighted by Gasteiger charge is 2.16. The molecule has 0 spiro atoms. The minimum absolute atomic E-state index is 0.216. The molecular weight excluding hydrogens is 249 g/mol. The summed E-state index contributed by atoms with van der Waals surface area (Å²) in [6.07, 6.45) is 0.462. The van der Waals surface area contributed by atoms with E-state index < -0.39 is 0 Å². The first-order chi connectivity index (χ1) is 9.47. The predicted molar refractivity (Wildman–Crippen MR) is 79.3 cm³/mol. The fourth-order valence-corrected chi connectivity index (χ4v) is 2.59. The van der Waals surface area contributed by atoms with Crippen LogP contribution < -0.4 is 0 Å². The predicted octanol–water partition coefficient (Wildman–Crippen LogP) is 4.52. The van der Waals surface area contributed by atoms with E-state index in [0.717, 1.165) is 22.3 Å². The van der Waals surface area contributed by atoms with E-state index in [4.69, 9.17) is 0 Å². The summed E-state index contributed by atoms with van der Waals surface area (Å²) in [5.74, 6) is -0.216. The van der Waals surface area contributed by atoms with Crippen LogP contribution in [0.3, 0.4) is 0 Å². The molecule has 0 heterocycles. The van der Waals surface area contributed by atoms with Crippen molar-refractivity contribution < 1.29 is 4.39 Å². The Balaban J connectivity index is 2.64. The van der Waals surface area contributed by atoms with Gasteiger partial charge in [-0.1, -0.05) is 18.2 Å². The second kappa shape index (κ2) is 5.46. The Bertz CT molecular complexity index is 708. The summed E-state index contributed by atoms with van der Waals surface area (Å²) < 4.78 is 13.8. The van der Waals surface area contributed by atoms with Crippen LogP contribution in [0.4, 0.5) is 4.39 Å². The fraction of sp³-hybridized carbons (Fsp3) is 0.278. The summed E-state index contributed by atoms with van der Waals surface area (Å²) in [6.45, 7) is 8.07. The van der Waals surface area contributed by atoms with Gasteiger partial charge in [0.15, 0.2) is 0 Å². The third-order valence-electron chi connectivity index (χ3n) is 4.25. The van der Waals surface area contributed by atoms with Crippen LogP contribution in [-0.4, -0.2) is 0 Å². The molecule has 0 N–H and O–H groups in total. The van der Waals surface area contributed by atoms with Gasteiger partial charge in [-0.25, -0.2) is 4.39 Å². The smallest absolute Gasteiger partial charge is 0.126 e. The van der Waals surface area contributed by atoms with E-state index in [0.29, 0.717) is 17.5 Å². The first-order valence-corrected chi connectivity index (χ1v) is 6.70. The number of benzene rings is 2. The summed E-state index contributed by atoms with van der Waals surface area (Å²) >= 11 is 0. The molecule has 0 unspecified atom stereocenters. The molecule has 2 aromatic carbocycles. The number of nitriles is 1. The van der Waals surface area contributed by atoms with E-state index in [1.165, 1.54) is 11.6 Å². The minimum atomic E-state index is -0.216. The lowest BCUT2D eigenvalue weighted by atomic mass is 9.86. The quantitative estimate of drug-likeness (QED) is 0.784. The lowest BCUT2D eigenvalue weighted by Crippen LogP contribution is -2.05. The molecular formula is C18H18FN. The number of hydrogen-bond donors (Lipinski definition) is 0. The zero-order valence-electron chi connectivity index (χ0n) is 12.3. The summed E-state index contributed by atoms with van der Waals surface area (Å²) in [4.78, 5) is 0. The monoisotopic (exact) mass is 267 g/mol. The Morgan fingerprint density at radius 3 is 2.15 bits per heavy atom. The molecule has 20 heavy (non-hydrogen) atoms. The molecule has 0 radical (unpaired) electrons. The van der Waals surface area contributed by atoms with Crippen molar-refractivity contribution in [2.24, 2.45) is 0 Å². The molecule has 2 aromatic rings. The maximum absolute atomic E-state index is 13.8. The third kappa shape index (κ3) is 2.32. The summed E-state index contributed by atoms with van der Waals surface area (Å²) in [5.41, 5.74) is 6.70. The van der Waals surface area contributed by atoms with Crippen LogP contribution in [0.5, 0.6) is 0 Å². The van der Waals surface area contributed by atoms with E-state index >= 15 is 0 Å². The van der Waals surface area contributed by atoms with Gasteiger partial charge in [0.05, 0.1) is 11.6 Å². The van der Waals surface area contributed by atoms with Crippen molar-refractivity contribution in [3.05, 3.63) is 69.0 Å². The normalized spacial score (nSPS) is 10.4. The van der Waals surface area contributed by atoms with Gasteiger partial charge in [0.1, 0.15) is 5.82 Å². The Morgan fingerprint density at radius 2 is 1.55 bits per heavy atom. The maximum atomic E-state index is 13.8. The highest BCUT2D eigenvalue weighted by atomic mass is 19.1. The summed E-state index contributed by atoms with van der Waals surface area (Å²) in [6, 6.07) is 9.04. The van der Waals surface area contributed by atoms with E-state index in [1.807, 2.05) is 26.8 Å². The SMILES string of the molecule is Cc1c(C)c(C)c(Cc2ccccc2F)c(C#N)c1C. The van der Waals surface area contributed by atoms with E-state index in [1.54, 1.807) is 12.1 Å². The van der Waals surface area contributed by atoms with Gasteiger partial charge in [-0.2, -0.15) is 5.26 Å². The van der Waals surface area contributed by atoms with Gasteiger partial charge in [-0.05, 0) is 67.1 Å². The average molecular weight is 267 g/mol. The van der Waals surface area contributed by atoms with Crippen LogP contribution in [0.2, 0.25) is 0 Å². The van der Waals surface area contributed by atoms with Crippen molar-refractivity contribution in [2.75, 3.05) is 0 Å². The zero-order valence-corrected chi connectivity index (χ0v) is 12.3. The van der Waals surface area contributed by atoms with Crippen LogP contribution in [-0.2, 0) is 6.42 Å². The second-order valence-electron chi connectivity index (χ2n) is 5.23. The van der Waals surface area contributed by atoms with Gasteiger partial charge in [-0.15, -0.1) is 0 Å². The second-order valence-corrected chi connectivity index (χ2v) is 5.23. The van der Waals surface area contributed by atoms with Crippen molar-refractivity contribution in [3.8, 4) is 6.07 Å². The molecule has 2 heteroatoms. The molecule has 0 aromatic heterocycles. The van der Waals surface area contributed by atoms with Crippen molar-refractivity contribution in [1.29, 1.82) is 5.26 Å². The average Bonchev–Trinajstić information content (AvgIpc) is 2.45. The van der Waals surface area contributed by atoms with Crippen LogP contribution in [0.15, 0.2) is 24.3 Å². The van der Waals surface area contributed by atoms with Crippen molar-refractivity contribution in [1.82, 2.24) is 0 Å². The Kier molecular flexibility index (Phi) is 3.90. The third-order valence-corrected chi connectivity index (χ3v) is 4.25. The summed E-state index contributed by atoms with van der Waals surface area (Å²) in [5, 5.41) is 9.44. The molecule has 0 amide bonds. The largest absolute Gasteiger partial charge is 0.207 e. The first-order valence-electron chi connectivity index (χ1n) is 6.70. The van der Waals surface area contributed by atoms with E-state index in [2.05, 4.69) is 13.0 Å². The molecule has 0 saturated heterocycles. The van der Waals surface area contributed by atoms with E-state index in [-0.39, 0.29) is 5.82 Å². The number of hydrogen-bond acceptors (Lipinski definition) is 1.